The zero-order chi connectivity index (χ0) is 15.4. The van der Waals surface area contributed by atoms with Crippen LogP contribution >= 0.6 is 0 Å². The van der Waals surface area contributed by atoms with Gasteiger partial charge in [0.15, 0.2) is 0 Å². The molecule has 3 aliphatic rings. The summed E-state index contributed by atoms with van der Waals surface area (Å²) in [6, 6.07) is 3.29. The lowest BCUT2D eigenvalue weighted by atomic mass is 10.00. The molecule has 0 aromatic heterocycles. The molecule has 1 saturated carbocycles. The number of likely N-dealkylation sites (tertiary alicyclic amines) is 2. The fourth-order valence-corrected chi connectivity index (χ4v) is 4.21. The van der Waals surface area contributed by atoms with Crippen molar-refractivity contribution < 1.29 is 4.79 Å². The van der Waals surface area contributed by atoms with E-state index >= 15 is 0 Å². The summed E-state index contributed by atoms with van der Waals surface area (Å²) >= 11 is 0. The van der Waals surface area contributed by atoms with Crippen molar-refractivity contribution in [2.75, 3.05) is 26.2 Å². The molecule has 2 heterocycles. The first kappa shape index (κ1) is 15.6. The third kappa shape index (κ3) is 3.73. The third-order valence-corrected chi connectivity index (χ3v) is 5.60. The zero-order valence-corrected chi connectivity index (χ0v) is 13.5. The molecule has 0 aromatic carbocycles. The largest absolute Gasteiger partial charge is 0.335 e. The second kappa shape index (κ2) is 7.32. The maximum absolute atomic E-state index is 12.4. The van der Waals surface area contributed by atoms with Crippen LogP contribution in [0.5, 0.6) is 0 Å². The van der Waals surface area contributed by atoms with Crippen molar-refractivity contribution in [3.8, 4) is 6.07 Å². The van der Waals surface area contributed by atoms with Crippen molar-refractivity contribution in [3.05, 3.63) is 0 Å². The van der Waals surface area contributed by atoms with Gasteiger partial charge in [0.25, 0.3) is 0 Å². The quantitative estimate of drug-likeness (QED) is 0.852. The predicted molar refractivity (Wildman–Crippen MR) is 85.3 cm³/mol. The van der Waals surface area contributed by atoms with Crippen molar-refractivity contribution in [1.29, 1.82) is 5.26 Å². The van der Waals surface area contributed by atoms with E-state index in [9.17, 15) is 4.79 Å². The Morgan fingerprint density at radius 3 is 2.36 bits per heavy atom. The van der Waals surface area contributed by atoms with Gasteiger partial charge in [0.2, 0.25) is 0 Å². The van der Waals surface area contributed by atoms with Gasteiger partial charge in [-0.25, -0.2) is 4.79 Å². The van der Waals surface area contributed by atoms with Gasteiger partial charge in [-0.2, -0.15) is 5.26 Å². The van der Waals surface area contributed by atoms with Crippen LogP contribution in [-0.4, -0.2) is 54.1 Å². The van der Waals surface area contributed by atoms with E-state index in [0.717, 1.165) is 45.2 Å². The van der Waals surface area contributed by atoms with Crippen LogP contribution in [0.2, 0.25) is 0 Å². The Morgan fingerprint density at radius 1 is 1.00 bits per heavy atom. The SMILES string of the molecule is N#C[C@H]1CC[C@@H](NC(=O)N2CCC(N3CCCCC3)CC2)C1. The molecule has 1 aliphatic carbocycles. The van der Waals surface area contributed by atoms with E-state index in [-0.39, 0.29) is 18.0 Å². The maximum atomic E-state index is 12.4. The van der Waals surface area contributed by atoms with E-state index in [2.05, 4.69) is 16.3 Å². The Labute approximate surface area is 133 Å². The summed E-state index contributed by atoms with van der Waals surface area (Å²) in [6.45, 7) is 4.24. The summed E-state index contributed by atoms with van der Waals surface area (Å²) in [7, 11) is 0. The van der Waals surface area contributed by atoms with Crippen LogP contribution in [0.3, 0.4) is 0 Å². The van der Waals surface area contributed by atoms with Crippen LogP contribution in [-0.2, 0) is 0 Å². The molecule has 2 amide bonds. The lowest BCUT2D eigenvalue weighted by molar-refractivity contribution is 0.100. The van der Waals surface area contributed by atoms with E-state index in [1.165, 1.54) is 32.4 Å². The molecule has 2 atom stereocenters. The van der Waals surface area contributed by atoms with Gasteiger partial charge in [0.05, 0.1) is 6.07 Å². The minimum Gasteiger partial charge on any atom is -0.335 e. The molecule has 22 heavy (non-hydrogen) atoms. The predicted octanol–water partition coefficient (Wildman–Crippen LogP) is 2.34. The molecule has 0 unspecified atom stereocenters. The molecule has 2 aliphatic heterocycles. The molecule has 3 fully saturated rings. The number of urea groups is 1. The van der Waals surface area contributed by atoms with Gasteiger partial charge in [-0.1, -0.05) is 6.42 Å². The van der Waals surface area contributed by atoms with Crippen LogP contribution < -0.4 is 5.32 Å². The lowest BCUT2D eigenvalue weighted by Crippen LogP contribution is -2.51. The summed E-state index contributed by atoms with van der Waals surface area (Å²) in [5.41, 5.74) is 0. The third-order valence-electron chi connectivity index (χ3n) is 5.60. The van der Waals surface area contributed by atoms with Gasteiger partial charge in [-0.15, -0.1) is 0 Å². The van der Waals surface area contributed by atoms with E-state index < -0.39 is 0 Å². The van der Waals surface area contributed by atoms with E-state index in [1.54, 1.807) is 0 Å². The number of carbonyl (C=O) groups excluding carboxylic acids is 1. The average molecular weight is 304 g/mol. The monoisotopic (exact) mass is 304 g/mol. The molecular weight excluding hydrogens is 276 g/mol. The topological polar surface area (TPSA) is 59.4 Å². The number of hydrogen-bond donors (Lipinski definition) is 1. The van der Waals surface area contributed by atoms with E-state index in [0.29, 0.717) is 6.04 Å². The standard InChI is InChI=1S/C17H28N4O/c18-13-14-4-5-15(12-14)19-17(22)21-10-6-16(7-11-21)20-8-2-1-3-9-20/h14-16H,1-12H2,(H,19,22)/t14-,15+/m0/s1. The number of rotatable bonds is 2. The Hall–Kier alpha value is -1.28. The summed E-state index contributed by atoms with van der Waals surface area (Å²) in [6.07, 6.45) is 8.98. The van der Waals surface area contributed by atoms with Crippen LogP contribution in [0.15, 0.2) is 0 Å². The van der Waals surface area contributed by atoms with Crippen molar-refractivity contribution in [3.63, 3.8) is 0 Å². The Morgan fingerprint density at radius 2 is 1.73 bits per heavy atom. The zero-order valence-electron chi connectivity index (χ0n) is 13.5. The van der Waals surface area contributed by atoms with Gasteiger partial charge in [-0.3, -0.25) is 0 Å². The van der Waals surface area contributed by atoms with Gasteiger partial charge < -0.3 is 15.1 Å². The van der Waals surface area contributed by atoms with E-state index in [1.807, 2.05) is 4.90 Å². The van der Waals surface area contributed by atoms with Crippen LogP contribution in [0.25, 0.3) is 0 Å². The fourth-order valence-electron chi connectivity index (χ4n) is 4.21. The van der Waals surface area contributed by atoms with Crippen molar-refractivity contribution in [2.45, 2.75) is 63.5 Å². The first-order valence-electron chi connectivity index (χ1n) is 8.95. The molecule has 2 saturated heterocycles. The van der Waals surface area contributed by atoms with Gasteiger partial charge in [0.1, 0.15) is 0 Å². The highest BCUT2D eigenvalue weighted by Crippen LogP contribution is 2.25. The molecular formula is C17H28N4O. The highest BCUT2D eigenvalue weighted by Gasteiger charge is 2.30. The van der Waals surface area contributed by atoms with Crippen LogP contribution in [0, 0.1) is 17.2 Å². The maximum Gasteiger partial charge on any atom is 0.317 e. The second-order valence-electron chi connectivity index (χ2n) is 7.10. The molecule has 5 heteroatoms. The molecule has 5 nitrogen and oxygen atoms in total. The number of nitrogens with zero attached hydrogens (tertiary/aromatic N) is 3. The molecule has 3 rings (SSSR count). The summed E-state index contributed by atoms with van der Waals surface area (Å²) < 4.78 is 0. The minimum absolute atomic E-state index is 0.0840. The normalized spacial score (nSPS) is 31.0. The van der Waals surface area contributed by atoms with Gasteiger partial charge in [0, 0.05) is 31.1 Å². The molecule has 0 radical (unpaired) electrons. The van der Waals surface area contributed by atoms with Crippen LogP contribution in [0.1, 0.15) is 51.4 Å². The van der Waals surface area contributed by atoms with Crippen molar-refractivity contribution >= 4 is 6.03 Å². The molecule has 122 valence electrons. The number of piperidine rings is 2. The van der Waals surface area contributed by atoms with E-state index in [4.69, 9.17) is 5.26 Å². The minimum atomic E-state index is 0.0840. The number of nitrogens with one attached hydrogen (secondary N) is 1. The average Bonchev–Trinajstić information content (AvgIpc) is 3.03. The highest BCUT2D eigenvalue weighted by molar-refractivity contribution is 5.74. The summed E-state index contributed by atoms with van der Waals surface area (Å²) in [5, 5.41) is 12.1. The smallest absolute Gasteiger partial charge is 0.317 e. The Kier molecular flexibility index (Phi) is 5.20. The molecule has 0 aromatic rings. The number of amides is 2. The highest BCUT2D eigenvalue weighted by atomic mass is 16.2. The van der Waals surface area contributed by atoms with Crippen molar-refractivity contribution in [2.24, 2.45) is 5.92 Å². The van der Waals surface area contributed by atoms with Crippen LogP contribution in [0.4, 0.5) is 4.79 Å². The van der Waals surface area contributed by atoms with Gasteiger partial charge in [-0.05, 0) is 58.0 Å². The summed E-state index contributed by atoms with van der Waals surface area (Å²) in [4.78, 5) is 17.0. The summed E-state index contributed by atoms with van der Waals surface area (Å²) in [5.74, 6) is 0.134. The fraction of sp³-hybridized carbons (Fsp3) is 0.882. The van der Waals surface area contributed by atoms with Crippen molar-refractivity contribution in [1.82, 2.24) is 15.1 Å². The van der Waals surface area contributed by atoms with Gasteiger partial charge >= 0.3 is 6.03 Å². The molecule has 1 N–H and O–H groups in total. The molecule has 0 spiro atoms. The second-order valence-corrected chi connectivity index (χ2v) is 7.10. The number of nitriles is 1. The number of carbonyl (C=O) groups is 1. The first-order valence-corrected chi connectivity index (χ1v) is 8.95. The Bertz CT molecular complexity index is 419. The molecule has 0 bridgehead atoms. The lowest BCUT2D eigenvalue weighted by Gasteiger charge is -2.40. The first-order chi connectivity index (χ1) is 10.8. The Balaban J connectivity index is 1.41. The number of hydrogen-bond acceptors (Lipinski definition) is 3.